The summed E-state index contributed by atoms with van der Waals surface area (Å²) in [5.41, 5.74) is 7.48. The third-order valence-corrected chi connectivity index (χ3v) is 3.71. The zero-order valence-corrected chi connectivity index (χ0v) is 9.73. The zero-order chi connectivity index (χ0) is 11.4. The molecule has 88 valence electrons. The van der Waals surface area contributed by atoms with E-state index >= 15 is 0 Å². The van der Waals surface area contributed by atoms with Crippen LogP contribution in [0, 0.1) is 5.92 Å². The van der Waals surface area contributed by atoms with E-state index in [-0.39, 0.29) is 0 Å². The fraction of sp³-hybridized carbons (Fsp3) is 0.571. The Morgan fingerprint density at radius 3 is 2.44 bits per heavy atom. The molecule has 1 unspecified atom stereocenters. The summed E-state index contributed by atoms with van der Waals surface area (Å²) in [6, 6.07) is 7.82. The predicted molar refractivity (Wildman–Crippen MR) is 66.4 cm³/mol. The van der Waals surface area contributed by atoms with Crippen molar-refractivity contribution >= 4 is 0 Å². The van der Waals surface area contributed by atoms with E-state index in [0.717, 1.165) is 18.8 Å². The second-order valence-corrected chi connectivity index (χ2v) is 4.91. The van der Waals surface area contributed by atoms with Gasteiger partial charge in [0.25, 0.3) is 0 Å². The number of aromatic hydroxyl groups is 1. The Bertz CT molecular complexity index is 314. The fourth-order valence-electron chi connectivity index (χ4n) is 2.62. The third kappa shape index (κ3) is 2.99. The summed E-state index contributed by atoms with van der Waals surface area (Å²) >= 11 is 0. The van der Waals surface area contributed by atoms with Crippen LogP contribution in [0.25, 0.3) is 0 Å². The summed E-state index contributed by atoms with van der Waals surface area (Å²) < 4.78 is 0. The van der Waals surface area contributed by atoms with E-state index < -0.39 is 0 Å². The van der Waals surface area contributed by atoms with E-state index in [1.54, 1.807) is 12.1 Å². The lowest BCUT2D eigenvalue weighted by molar-refractivity contribution is 0.410. The molecule has 2 nitrogen and oxygen atoms in total. The Kier molecular flexibility index (Phi) is 3.83. The minimum atomic E-state index is 0.337. The Morgan fingerprint density at radius 1 is 1.19 bits per heavy atom. The second-order valence-electron chi connectivity index (χ2n) is 4.91. The highest BCUT2D eigenvalue weighted by Gasteiger charge is 2.21. The van der Waals surface area contributed by atoms with Gasteiger partial charge in [-0.2, -0.15) is 0 Å². The molecule has 0 amide bonds. The monoisotopic (exact) mass is 219 g/mol. The first-order chi connectivity index (χ1) is 7.75. The standard InChI is InChI=1S/C14H21NO/c15-14(12-3-1-2-4-12)10-7-11-5-8-13(16)9-6-11/h5-6,8-9,12,14,16H,1-4,7,10,15H2. The summed E-state index contributed by atoms with van der Waals surface area (Å²) in [6.45, 7) is 0. The largest absolute Gasteiger partial charge is 0.508 e. The Hall–Kier alpha value is -1.02. The highest BCUT2D eigenvalue weighted by molar-refractivity contribution is 5.25. The number of rotatable bonds is 4. The van der Waals surface area contributed by atoms with Gasteiger partial charge in [0.2, 0.25) is 0 Å². The van der Waals surface area contributed by atoms with E-state index in [0.29, 0.717) is 11.8 Å². The van der Waals surface area contributed by atoms with Gasteiger partial charge in [-0.3, -0.25) is 0 Å². The number of hydrogen-bond acceptors (Lipinski definition) is 2. The van der Waals surface area contributed by atoms with Crippen LogP contribution in [0.5, 0.6) is 5.75 Å². The highest BCUT2D eigenvalue weighted by atomic mass is 16.3. The highest BCUT2D eigenvalue weighted by Crippen LogP contribution is 2.28. The molecule has 1 fully saturated rings. The number of hydrogen-bond donors (Lipinski definition) is 2. The van der Waals surface area contributed by atoms with Gasteiger partial charge in [-0.15, -0.1) is 0 Å². The molecule has 3 N–H and O–H groups in total. The maximum Gasteiger partial charge on any atom is 0.115 e. The molecular weight excluding hydrogens is 198 g/mol. The second kappa shape index (κ2) is 5.35. The van der Waals surface area contributed by atoms with Crippen molar-refractivity contribution in [2.45, 2.75) is 44.6 Å². The van der Waals surface area contributed by atoms with Crippen LogP contribution in [-0.4, -0.2) is 11.1 Å². The summed E-state index contributed by atoms with van der Waals surface area (Å²) in [4.78, 5) is 0. The van der Waals surface area contributed by atoms with E-state index in [1.807, 2.05) is 12.1 Å². The van der Waals surface area contributed by atoms with Crippen LogP contribution in [0.15, 0.2) is 24.3 Å². The minimum absolute atomic E-state index is 0.337. The van der Waals surface area contributed by atoms with Crippen LogP contribution < -0.4 is 5.73 Å². The van der Waals surface area contributed by atoms with Crippen molar-refractivity contribution in [1.29, 1.82) is 0 Å². The molecule has 2 heteroatoms. The molecule has 2 rings (SSSR count). The maximum absolute atomic E-state index is 9.18. The molecule has 1 saturated carbocycles. The number of phenols is 1. The molecule has 1 aromatic carbocycles. The smallest absolute Gasteiger partial charge is 0.115 e. The van der Waals surface area contributed by atoms with Crippen molar-refractivity contribution in [2.75, 3.05) is 0 Å². The average Bonchev–Trinajstić information content (AvgIpc) is 2.81. The average molecular weight is 219 g/mol. The molecule has 1 aliphatic carbocycles. The van der Waals surface area contributed by atoms with Crippen molar-refractivity contribution in [3.63, 3.8) is 0 Å². The molecule has 1 aromatic rings. The van der Waals surface area contributed by atoms with Gasteiger partial charge in [0.05, 0.1) is 0 Å². The van der Waals surface area contributed by atoms with Gasteiger partial charge in [0.15, 0.2) is 0 Å². The van der Waals surface area contributed by atoms with Crippen molar-refractivity contribution in [1.82, 2.24) is 0 Å². The number of nitrogens with two attached hydrogens (primary N) is 1. The molecule has 0 bridgehead atoms. The van der Waals surface area contributed by atoms with Crippen molar-refractivity contribution in [3.8, 4) is 5.75 Å². The van der Waals surface area contributed by atoms with Gasteiger partial charge < -0.3 is 10.8 Å². The van der Waals surface area contributed by atoms with Crippen LogP contribution in [0.1, 0.15) is 37.7 Å². The topological polar surface area (TPSA) is 46.2 Å². The third-order valence-electron chi connectivity index (χ3n) is 3.71. The number of aryl methyl sites for hydroxylation is 1. The number of phenolic OH excluding ortho intramolecular Hbond substituents is 1. The van der Waals surface area contributed by atoms with Crippen LogP contribution in [0.3, 0.4) is 0 Å². The van der Waals surface area contributed by atoms with Crippen molar-refractivity contribution < 1.29 is 5.11 Å². The Balaban J connectivity index is 1.80. The summed E-state index contributed by atoms with van der Waals surface area (Å²) in [5.74, 6) is 1.08. The first kappa shape index (κ1) is 11.5. The Labute approximate surface area is 97.5 Å². The quantitative estimate of drug-likeness (QED) is 0.818. The Morgan fingerprint density at radius 2 is 1.81 bits per heavy atom. The molecule has 0 spiro atoms. The fourth-order valence-corrected chi connectivity index (χ4v) is 2.62. The van der Waals surface area contributed by atoms with E-state index in [9.17, 15) is 5.11 Å². The molecule has 0 radical (unpaired) electrons. The van der Waals surface area contributed by atoms with Gasteiger partial charge in [-0.05, 0) is 49.3 Å². The van der Waals surface area contributed by atoms with Crippen LogP contribution in [0.4, 0.5) is 0 Å². The molecule has 0 aromatic heterocycles. The summed E-state index contributed by atoms with van der Waals surface area (Å²) in [6.07, 6.45) is 7.44. The van der Waals surface area contributed by atoms with Crippen molar-refractivity contribution in [2.24, 2.45) is 11.7 Å². The van der Waals surface area contributed by atoms with E-state index in [1.165, 1.54) is 31.2 Å². The van der Waals surface area contributed by atoms with Gasteiger partial charge in [-0.1, -0.05) is 25.0 Å². The van der Waals surface area contributed by atoms with Gasteiger partial charge >= 0.3 is 0 Å². The zero-order valence-electron chi connectivity index (χ0n) is 9.73. The van der Waals surface area contributed by atoms with Gasteiger partial charge in [-0.25, -0.2) is 0 Å². The lowest BCUT2D eigenvalue weighted by atomic mass is 9.93. The molecule has 16 heavy (non-hydrogen) atoms. The lowest BCUT2D eigenvalue weighted by Gasteiger charge is -2.18. The summed E-state index contributed by atoms with van der Waals surface area (Å²) in [7, 11) is 0. The molecule has 0 aliphatic heterocycles. The van der Waals surface area contributed by atoms with Gasteiger partial charge in [0, 0.05) is 6.04 Å². The molecule has 0 saturated heterocycles. The first-order valence-corrected chi connectivity index (χ1v) is 6.29. The maximum atomic E-state index is 9.18. The van der Waals surface area contributed by atoms with Crippen LogP contribution in [-0.2, 0) is 6.42 Å². The molecule has 0 heterocycles. The van der Waals surface area contributed by atoms with Crippen LogP contribution >= 0.6 is 0 Å². The predicted octanol–water partition coefficient (Wildman–Crippen LogP) is 2.84. The molecular formula is C14H21NO. The number of benzene rings is 1. The van der Waals surface area contributed by atoms with E-state index in [4.69, 9.17) is 5.73 Å². The SMILES string of the molecule is NC(CCc1ccc(O)cc1)C1CCCC1. The first-order valence-electron chi connectivity index (χ1n) is 6.29. The lowest BCUT2D eigenvalue weighted by Crippen LogP contribution is -2.28. The van der Waals surface area contributed by atoms with Gasteiger partial charge in [0.1, 0.15) is 5.75 Å². The molecule has 1 atom stereocenters. The normalized spacial score (nSPS) is 18.8. The van der Waals surface area contributed by atoms with Crippen molar-refractivity contribution in [3.05, 3.63) is 29.8 Å². The molecule has 1 aliphatic rings. The summed E-state index contributed by atoms with van der Waals surface area (Å²) in [5, 5.41) is 9.18. The van der Waals surface area contributed by atoms with Crippen LogP contribution in [0.2, 0.25) is 0 Å². The van der Waals surface area contributed by atoms with E-state index in [2.05, 4.69) is 0 Å². The minimum Gasteiger partial charge on any atom is -0.508 e.